The van der Waals surface area contributed by atoms with Gasteiger partial charge < -0.3 is 10.2 Å². The smallest absolute Gasteiger partial charge is 0.259 e. The molecule has 0 unspecified atom stereocenters. The second-order valence-electron chi connectivity index (χ2n) is 6.03. The van der Waals surface area contributed by atoms with Crippen molar-refractivity contribution in [3.63, 3.8) is 0 Å². The van der Waals surface area contributed by atoms with Crippen LogP contribution in [-0.4, -0.2) is 34.0 Å². The largest absolute Gasteiger partial charge is 0.370 e. The van der Waals surface area contributed by atoms with E-state index in [1.165, 1.54) is 33.2 Å². The van der Waals surface area contributed by atoms with Gasteiger partial charge >= 0.3 is 0 Å². The molecule has 5 nitrogen and oxygen atoms in total. The summed E-state index contributed by atoms with van der Waals surface area (Å²) >= 11 is 2.02. The normalized spacial score (nSPS) is 14.6. The van der Waals surface area contributed by atoms with Crippen LogP contribution in [0.3, 0.4) is 0 Å². The van der Waals surface area contributed by atoms with Crippen molar-refractivity contribution in [3.8, 4) is 0 Å². The Bertz CT molecular complexity index is 917. The van der Waals surface area contributed by atoms with Gasteiger partial charge in [-0.1, -0.05) is 18.2 Å². The minimum atomic E-state index is -0.0774. The molecule has 0 radical (unpaired) electrons. The van der Waals surface area contributed by atoms with Crippen molar-refractivity contribution in [2.24, 2.45) is 0 Å². The Morgan fingerprint density at radius 2 is 1.88 bits per heavy atom. The van der Waals surface area contributed by atoms with Gasteiger partial charge in [0.1, 0.15) is 11.5 Å². The Balaban J connectivity index is 1.45. The fourth-order valence-corrected chi connectivity index (χ4v) is 3.89. The lowest BCUT2D eigenvalue weighted by molar-refractivity contribution is 0.858. The summed E-state index contributed by atoms with van der Waals surface area (Å²) in [6.45, 7) is 2.88. The maximum absolute atomic E-state index is 12.1. The highest BCUT2D eigenvalue weighted by molar-refractivity contribution is 7.99. The first-order chi connectivity index (χ1) is 12.3. The SMILES string of the molecule is O=c1cc(NCc2ccc(N3CCSCC3)cc2)nc2ccccn12. The van der Waals surface area contributed by atoms with Crippen LogP contribution in [0, 0.1) is 0 Å². The maximum Gasteiger partial charge on any atom is 0.259 e. The summed E-state index contributed by atoms with van der Waals surface area (Å²) in [6, 6.07) is 15.7. The third-order valence-corrected chi connectivity index (χ3v) is 5.30. The number of hydrogen-bond acceptors (Lipinski definition) is 5. The lowest BCUT2D eigenvalue weighted by Crippen LogP contribution is -2.32. The fraction of sp³-hybridized carbons (Fsp3) is 0.263. The number of anilines is 2. The Hall–Kier alpha value is -2.47. The number of nitrogens with one attached hydrogen (secondary N) is 1. The average Bonchev–Trinajstić information content (AvgIpc) is 2.68. The molecule has 0 bridgehead atoms. The molecule has 0 saturated carbocycles. The Morgan fingerprint density at radius 1 is 1.08 bits per heavy atom. The molecule has 0 atom stereocenters. The Labute approximate surface area is 150 Å². The first kappa shape index (κ1) is 16.0. The van der Waals surface area contributed by atoms with Crippen molar-refractivity contribution in [2.75, 3.05) is 34.8 Å². The van der Waals surface area contributed by atoms with Crippen LogP contribution in [0.5, 0.6) is 0 Å². The van der Waals surface area contributed by atoms with Crippen molar-refractivity contribution < 1.29 is 0 Å². The summed E-state index contributed by atoms with van der Waals surface area (Å²) in [5.74, 6) is 3.01. The van der Waals surface area contributed by atoms with Crippen molar-refractivity contribution in [1.29, 1.82) is 0 Å². The van der Waals surface area contributed by atoms with Gasteiger partial charge in [0.15, 0.2) is 0 Å². The molecule has 6 heteroatoms. The molecule has 0 spiro atoms. The average molecular weight is 352 g/mol. The lowest BCUT2D eigenvalue weighted by atomic mass is 10.2. The van der Waals surface area contributed by atoms with E-state index in [1.807, 2.05) is 30.0 Å². The molecule has 4 rings (SSSR count). The van der Waals surface area contributed by atoms with Crippen molar-refractivity contribution >= 4 is 28.9 Å². The summed E-state index contributed by atoms with van der Waals surface area (Å²) in [4.78, 5) is 19.0. The molecule has 3 heterocycles. The monoisotopic (exact) mass is 352 g/mol. The second-order valence-corrected chi connectivity index (χ2v) is 7.25. The molecule has 1 aliphatic rings. The molecule has 0 amide bonds. The van der Waals surface area contributed by atoms with Gasteiger partial charge in [-0.05, 0) is 29.8 Å². The van der Waals surface area contributed by atoms with Gasteiger partial charge in [-0.25, -0.2) is 4.98 Å². The van der Waals surface area contributed by atoms with Crippen molar-refractivity contribution in [2.45, 2.75) is 6.54 Å². The van der Waals surface area contributed by atoms with Gasteiger partial charge in [0.25, 0.3) is 5.56 Å². The minimum absolute atomic E-state index is 0.0774. The third kappa shape index (κ3) is 3.64. The van der Waals surface area contributed by atoms with Gasteiger partial charge in [-0.15, -0.1) is 0 Å². The highest BCUT2D eigenvalue weighted by Gasteiger charge is 2.10. The maximum atomic E-state index is 12.1. The number of nitrogens with zero attached hydrogens (tertiary/aromatic N) is 3. The zero-order chi connectivity index (χ0) is 17.1. The van der Waals surface area contributed by atoms with Gasteiger partial charge in [-0.2, -0.15) is 11.8 Å². The van der Waals surface area contributed by atoms with E-state index in [2.05, 4.69) is 39.5 Å². The molecular weight excluding hydrogens is 332 g/mol. The van der Waals surface area contributed by atoms with E-state index in [0.29, 0.717) is 18.0 Å². The molecule has 0 aliphatic carbocycles. The first-order valence-corrected chi connectivity index (χ1v) is 9.59. The molecule has 3 aromatic rings. The summed E-state index contributed by atoms with van der Waals surface area (Å²) < 4.78 is 1.54. The van der Waals surface area contributed by atoms with E-state index in [1.54, 1.807) is 6.20 Å². The number of hydrogen-bond donors (Lipinski definition) is 1. The minimum Gasteiger partial charge on any atom is -0.370 e. The summed E-state index contributed by atoms with van der Waals surface area (Å²) in [6.07, 6.45) is 1.73. The molecule has 1 N–H and O–H groups in total. The first-order valence-electron chi connectivity index (χ1n) is 8.43. The van der Waals surface area contributed by atoms with Gasteiger partial charge in [0, 0.05) is 49.1 Å². The number of rotatable bonds is 4. The van der Waals surface area contributed by atoms with E-state index in [0.717, 1.165) is 13.1 Å². The Morgan fingerprint density at radius 3 is 2.68 bits per heavy atom. The zero-order valence-corrected chi connectivity index (χ0v) is 14.7. The molecule has 25 heavy (non-hydrogen) atoms. The molecular formula is C19H20N4OS. The molecule has 128 valence electrons. The fourth-order valence-electron chi connectivity index (χ4n) is 2.98. The molecule has 1 fully saturated rings. The van der Waals surface area contributed by atoms with E-state index >= 15 is 0 Å². The van der Waals surface area contributed by atoms with E-state index < -0.39 is 0 Å². The molecule has 1 aromatic carbocycles. The number of fused-ring (bicyclic) bond motifs is 1. The number of aromatic nitrogens is 2. The van der Waals surface area contributed by atoms with E-state index in [9.17, 15) is 4.79 Å². The van der Waals surface area contributed by atoms with E-state index in [4.69, 9.17) is 0 Å². The molecule has 1 aliphatic heterocycles. The van der Waals surface area contributed by atoms with Crippen molar-refractivity contribution in [3.05, 3.63) is 70.6 Å². The van der Waals surface area contributed by atoms with Crippen LogP contribution in [0.4, 0.5) is 11.5 Å². The van der Waals surface area contributed by atoms with E-state index in [-0.39, 0.29) is 5.56 Å². The number of thioether (sulfide) groups is 1. The van der Waals surface area contributed by atoms with Crippen LogP contribution in [0.15, 0.2) is 59.5 Å². The number of pyridine rings is 1. The third-order valence-electron chi connectivity index (χ3n) is 4.36. The van der Waals surface area contributed by atoms with Gasteiger partial charge in [0.2, 0.25) is 0 Å². The van der Waals surface area contributed by atoms with Crippen LogP contribution < -0.4 is 15.8 Å². The summed E-state index contributed by atoms with van der Waals surface area (Å²) in [7, 11) is 0. The number of benzene rings is 1. The predicted octanol–water partition coefficient (Wildman–Crippen LogP) is 2.86. The highest BCUT2D eigenvalue weighted by Crippen LogP contribution is 2.20. The van der Waals surface area contributed by atoms with Crippen LogP contribution in [-0.2, 0) is 6.54 Å². The molecule has 2 aromatic heterocycles. The lowest BCUT2D eigenvalue weighted by Gasteiger charge is -2.28. The second kappa shape index (κ2) is 7.19. The van der Waals surface area contributed by atoms with Crippen LogP contribution in [0.2, 0.25) is 0 Å². The Kier molecular flexibility index (Phi) is 4.61. The summed E-state index contributed by atoms with van der Waals surface area (Å²) in [5.41, 5.74) is 3.03. The quantitative estimate of drug-likeness (QED) is 0.782. The standard InChI is InChI=1S/C19H20N4OS/c24-19-13-17(21-18-3-1-2-8-23(18)19)20-14-15-4-6-16(7-5-15)22-9-11-25-12-10-22/h1-8,13,20H,9-12,14H2. The molecule has 1 saturated heterocycles. The van der Waals surface area contributed by atoms with Crippen LogP contribution in [0.1, 0.15) is 5.56 Å². The van der Waals surface area contributed by atoms with Gasteiger partial charge in [-0.3, -0.25) is 9.20 Å². The van der Waals surface area contributed by atoms with Crippen LogP contribution in [0.25, 0.3) is 5.65 Å². The summed E-state index contributed by atoms with van der Waals surface area (Å²) in [5, 5.41) is 3.25. The highest BCUT2D eigenvalue weighted by atomic mass is 32.2. The zero-order valence-electron chi connectivity index (χ0n) is 13.9. The predicted molar refractivity (Wildman–Crippen MR) is 105 cm³/mol. The van der Waals surface area contributed by atoms with Crippen LogP contribution >= 0.6 is 11.8 Å². The van der Waals surface area contributed by atoms with Gasteiger partial charge in [0.05, 0.1) is 0 Å². The topological polar surface area (TPSA) is 49.6 Å². The van der Waals surface area contributed by atoms with Crippen molar-refractivity contribution in [1.82, 2.24) is 9.38 Å².